The molecule has 78 valence electrons. The van der Waals surface area contributed by atoms with Gasteiger partial charge in [-0.05, 0) is 12.2 Å². The molecule has 0 bridgehead atoms. The van der Waals surface area contributed by atoms with Gasteiger partial charge >= 0.3 is 0 Å². The van der Waals surface area contributed by atoms with Crippen molar-refractivity contribution in [2.24, 2.45) is 7.05 Å². The first-order chi connectivity index (χ1) is 7.00. The topological polar surface area (TPSA) is 50.7 Å². The van der Waals surface area contributed by atoms with Gasteiger partial charge < -0.3 is 9.55 Å². The molecule has 2 rings (SSSR count). The highest BCUT2D eigenvalue weighted by molar-refractivity contribution is 7.71. The second-order valence-corrected chi connectivity index (χ2v) is 3.34. The molecule has 0 unspecified atom stereocenters. The Hall–Kier alpha value is -1.63. The van der Waals surface area contributed by atoms with Gasteiger partial charge in [0.25, 0.3) is 5.56 Å². The summed E-state index contributed by atoms with van der Waals surface area (Å²) < 4.78 is 27.7. The lowest BCUT2D eigenvalue weighted by Crippen LogP contribution is -2.15. The van der Waals surface area contributed by atoms with E-state index in [1.54, 1.807) is 7.05 Å². The molecule has 1 N–H and O–H groups in total. The Balaban J connectivity index is 3.06. The molecule has 0 aromatic carbocycles. The molecule has 0 saturated heterocycles. The van der Waals surface area contributed by atoms with Gasteiger partial charge in [0.05, 0.1) is 5.39 Å². The highest BCUT2D eigenvalue weighted by Crippen LogP contribution is 2.13. The lowest BCUT2D eigenvalue weighted by atomic mass is 10.3. The third kappa shape index (κ3) is 1.44. The summed E-state index contributed by atoms with van der Waals surface area (Å²) in [6.45, 7) is 0. The number of rotatable bonds is 0. The van der Waals surface area contributed by atoms with Gasteiger partial charge in [-0.3, -0.25) is 4.79 Å². The summed E-state index contributed by atoms with van der Waals surface area (Å²) in [5.41, 5.74) is -1.20. The number of nitrogens with one attached hydrogen (secondary N) is 1. The Kier molecular flexibility index (Phi) is 2.11. The predicted molar refractivity (Wildman–Crippen MR) is 52.1 cm³/mol. The number of hydrogen-bond donors (Lipinski definition) is 1. The normalized spacial score (nSPS) is 10.9. The average molecular weight is 229 g/mol. The zero-order valence-corrected chi connectivity index (χ0v) is 8.36. The Labute approximate surface area is 87.2 Å². The van der Waals surface area contributed by atoms with Crippen molar-refractivity contribution in [1.82, 2.24) is 14.5 Å². The van der Waals surface area contributed by atoms with E-state index in [-0.39, 0.29) is 15.8 Å². The SMILES string of the molecule is Cn1cc2c(F)c(F)c(=O)[nH]c2nc1=S. The smallest absolute Gasteiger partial charge is 0.288 e. The summed E-state index contributed by atoms with van der Waals surface area (Å²) in [7, 11) is 1.55. The first-order valence-corrected chi connectivity index (χ1v) is 4.36. The first kappa shape index (κ1) is 9.91. The van der Waals surface area contributed by atoms with E-state index in [1.165, 1.54) is 10.8 Å². The molecule has 0 radical (unpaired) electrons. The maximum absolute atomic E-state index is 13.3. The van der Waals surface area contributed by atoms with Crippen molar-refractivity contribution in [2.45, 2.75) is 0 Å². The van der Waals surface area contributed by atoms with Crippen LogP contribution < -0.4 is 5.56 Å². The van der Waals surface area contributed by atoms with E-state index in [2.05, 4.69) is 9.97 Å². The van der Waals surface area contributed by atoms with Crippen molar-refractivity contribution in [1.29, 1.82) is 0 Å². The van der Waals surface area contributed by atoms with E-state index in [9.17, 15) is 13.6 Å². The molecule has 7 heteroatoms. The molecular formula is C8H5F2N3OS. The maximum atomic E-state index is 13.3. The van der Waals surface area contributed by atoms with Gasteiger partial charge in [0.2, 0.25) is 10.6 Å². The van der Waals surface area contributed by atoms with E-state index >= 15 is 0 Å². The van der Waals surface area contributed by atoms with Crippen LogP contribution in [-0.2, 0) is 7.05 Å². The van der Waals surface area contributed by atoms with Crippen LogP contribution in [-0.4, -0.2) is 14.5 Å². The molecule has 15 heavy (non-hydrogen) atoms. The summed E-state index contributed by atoms with van der Waals surface area (Å²) in [5, 5.41) is -0.108. The van der Waals surface area contributed by atoms with Crippen molar-refractivity contribution >= 4 is 23.3 Å². The van der Waals surface area contributed by atoms with Crippen molar-refractivity contribution in [3.05, 3.63) is 33.0 Å². The minimum atomic E-state index is -1.44. The number of pyridine rings is 1. The van der Waals surface area contributed by atoms with E-state index in [0.29, 0.717) is 0 Å². The Morgan fingerprint density at radius 3 is 2.80 bits per heavy atom. The molecule has 4 nitrogen and oxygen atoms in total. The Bertz CT molecular complexity index is 656. The van der Waals surface area contributed by atoms with Crippen LogP contribution in [0.5, 0.6) is 0 Å². The summed E-state index contributed by atoms with van der Waals surface area (Å²) in [5.74, 6) is -2.66. The van der Waals surface area contributed by atoms with Crippen molar-refractivity contribution in [3.63, 3.8) is 0 Å². The number of aromatic nitrogens is 3. The molecule has 0 atom stereocenters. The predicted octanol–water partition coefficient (Wildman–Crippen LogP) is 1.27. The minimum Gasteiger partial charge on any atom is -0.326 e. The van der Waals surface area contributed by atoms with Crippen molar-refractivity contribution < 1.29 is 8.78 Å². The van der Waals surface area contributed by atoms with Gasteiger partial charge in [-0.25, -0.2) is 9.37 Å². The largest absolute Gasteiger partial charge is 0.326 e. The maximum Gasteiger partial charge on any atom is 0.288 e. The molecule has 0 fully saturated rings. The zero-order valence-electron chi connectivity index (χ0n) is 7.54. The highest BCUT2D eigenvalue weighted by Gasteiger charge is 2.13. The van der Waals surface area contributed by atoms with Gasteiger partial charge in [-0.1, -0.05) is 0 Å². The number of halogens is 2. The van der Waals surface area contributed by atoms with E-state index in [4.69, 9.17) is 12.2 Å². The second-order valence-electron chi connectivity index (χ2n) is 2.98. The van der Waals surface area contributed by atoms with Gasteiger partial charge in [0.1, 0.15) is 5.65 Å². The second kappa shape index (κ2) is 3.20. The average Bonchev–Trinajstić information content (AvgIpc) is 2.19. The van der Waals surface area contributed by atoms with Crippen LogP contribution in [0, 0.1) is 16.4 Å². The molecular weight excluding hydrogens is 224 g/mol. The Morgan fingerprint density at radius 2 is 2.13 bits per heavy atom. The third-order valence-electron chi connectivity index (χ3n) is 1.95. The number of aromatic amines is 1. The van der Waals surface area contributed by atoms with Crippen molar-refractivity contribution in [2.75, 3.05) is 0 Å². The zero-order chi connectivity index (χ0) is 11.2. The van der Waals surface area contributed by atoms with E-state index in [0.717, 1.165) is 0 Å². The van der Waals surface area contributed by atoms with Gasteiger partial charge in [-0.15, -0.1) is 0 Å². The highest BCUT2D eigenvalue weighted by atomic mass is 32.1. The van der Waals surface area contributed by atoms with Crippen LogP contribution in [0.1, 0.15) is 0 Å². The molecule has 0 spiro atoms. The molecule has 0 aliphatic rings. The van der Waals surface area contributed by atoms with Crippen LogP contribution >= 0.6 is 12.2 Å². The monoisotopic (exact) mass is 229 g/mol. The van der Waals surface area contributed by atoms with Crippen LogP contribution in [0.2, 0.25) is 0 Å². The molecule has 0 saturated carbocycles. The number of nitrogens with zero attached hydrogens (tertiary/aromatic N) is 2. The summed E-state index contributed by atoms with van der Waals surface area (Å²) >= 11 is 4.81. The number of fused-ring (bicyclic) bond motifs is 1. The molecule has 2 heterocycles. The fraction of sp³-hybridized carbons (Fsp3) is 0.125. The summed E-state index contributed by atoms with van der Waals surface area (Å²) in [6.07, 6.45) is 1.28. The van der Waals surface area contributed by atoms with Gasteiger partial charge in [0, 0.05) is 13.2 Å². The van der Waals surface area contributed by atoms with Gasteiger partial charge in [0.15, 0.2) is 5.82 Å². The molecule has 2 aromatic heterocycles. The van der Waals surface area contributed by atoms with Crippen LogP contribution in [0.25, 0.3) is 11.0 Å². The quantitative estimate of drug-likeness (QED) is 0.692. The summed E-state index contributed by atoms with van der Waals surface area (Å²) in [4.78, 5) is 16.8. The number of aryl methyl sites for hydroxylation is 1. The van der Waals surface area contributed by atoms with Crippen LogP contribution in [0.3, 0.4) is 0 Å². The Morgan fingerprint density at radius 1 is 1.47 bits per heavy atom. The lowest BCUT2D eigenvalue weighted by molar-refractivity contribution is 0.504. The molecule has 0 amide bonds. The fourth-order valence-corrected chi connectivity index (χ4v) is 1.32. The minimum absolute atomic E-state index is 0.0537. The summed E-state index contributed by atoms with van der Waals surface area (Å²) in [6, 6.07) is 0. The molecule has 0 aliphatic carbocycles. The first-order valence-electron chi connectivity index (χ1n) is 3.95. The molecule has 0 aliphatic heterocycles. The fourth-order valence-electron chi connectivity index (χ4n) is 1.18. The van der Waals surface area contributed by atoms with Crippen molar-refractivity contribution in [3.8, 4) is 0 Å². The van der Waals surface area contributed by atoms with Gasteiger partial charge in [-0.2, -0.15) is 4.39 Å². The molecule has 2 aromatic rings. The third-order valence-corrected chi connectivity index (χ3v) is 2.33. The number of H-pyrrole nitrogens is 1. The lowest BCUT2D eigenvalue weighted by Gasteiger charge is -2.02. The van der Waals surface area contributed by atoms with Crippen LogP contribution in [0.15, 0.2) is 11.0 Å². The van der Waals surface area contributed by atoms with Crippen LogP contribution in [0.4, 0.5) is 8.78 Å². The van der Waals surface area contributed by atoms with E-state index in [1.807, 2.05) is 0 Å². The van der Waals surface area contributed by atoms with E-state index < -0.39 is 17.2 Å². The standard InChI is InChI=1S/C8H5F2N3OS/c1-13-2-3-4(9)5(10)7(14)11-6(3)12-8(13)15/h2H,1H3,(H,11,12,14,15). The number of hydrogen-bond acceptors (Lipinski definition) is 3.